The molecule has 0 amide bonds. The number of rotatable bonds is 7. The topological polar surface area (TPSA) is 53.0 Å². The first-order valence-electron chi connectivity index (χ1n) is 9.92. The number of hydrogen-bond acceptors (Lipinski definition) is 5. The predicted molar refractivity (Wildman–Crippen MR) is 131 cm³/mol. The van der Waals surface area contributed by atoms with Crippen LogP contribution < -0.4 is 5.32 Å². The Morgan fingerprint density at radius 3 is 2.55 bits per heavy atom. The number of aliphatic imine (C=N–C) groups is 1. The lowest BCUT2D eigenvalue weighted by molar-refractivity contribution is 0.0342. The Kier molecular flexibility index (Phi) is 10.3. The highest BCUT2D eigenvalue weighted by molar-refractivity contribution is 14.0. The lowest BCUT2D eigenvalue weighted by Gasteiger charge is -2.26. The van der Waals surface area contributed by atoms with Gasteiger partial charge in [-0.05, 0) is 25.0 Å². The maximum atomic E-state index is 5.42. The number of ether oxygens (including phenoxy) is 1. The quantitative estimate of drug-likeness (QED) is 0.338. The summed E-state index contributed by atoms with van der Waals surface area (Å²) in [6, 6.07) is 8.81. The highest BCUT2D eigenvalue weighted by atomic mass is 127. The molecule has 0 saturated carbocycles. The maximum absolute atomic E-state index is 5.42. The van der Waals surface area contributed by atoms with E-state index in [0.29, 0.717) is 6.54 Å². The van der Waals surface area contributed by atoms with Gasteiger partial charge in [0.1, 0.15) is 0 Å². The van der Waals surface area contributed by atoms with Crippen molar-refractivity contribution in [1.29, 1.82) is 0 Å². The number of nitrogens with one attached hydrogen (secondary N) is 1. The third-order valence-corrected chi connectivity index (χ3v) is 5.53. The van der Waals surface area contributed by atoms with Gasteiger partial charge < -0.3 is 15.0 Å². The van der Waals surface area contributed by atoms with Gasteiger partial charge in [-0.25, -0.2) is 9.98 Å². The molecule has 1 saturated heterocycles. The minimum absolute atomic E-state index is 0. The number of guanidine groups is 1. The molecule has 29 heavy (non-hydrogen) atoms. The second-order valence-electron chi connectivity index (χ2n) is 7.09. The van der Waals surface area contributed by atoms with E-state index in [2.05, 4.69) is 63.7 Å². The fraction of sp³-hybridized carbons (Fsp3) is 0.524. The minimum Gasteiger partial charge on any atom is -0.379 e. The fourth-order valence-corrected chi connectivity index (χ4v) is 3.81. The predicted octanol–water partition coefficient (Wildman–Crippen LogP) is 3.50. The highest BCUT2D eigenvalue weighted by Gasteiger charge is 2.11. The van der Waals surface area contributed by atoms with Gasteiger partial charge in [0.2, 0.25) is 0 Å². The monoisotopic (exact) mass is 529 g/mol. The molecular weight excluding hydrogens is 497 g/mol. The number of thiazole rings is 1. The summed E-state index contributed by atoms with van der Waals surface area (Å²) >= 11 is 1.69. The average Bonchev–Trinajstić information content (AvgIpc) is 3.11. The van der Waals surface area contributed by atoms with Crippen LogP contribution in [0, 0.1) is 6.92 Å². The molecule has 0 unspecified atom stereocenters. The molecule has 0 atom stereocenters. The van der Waals surface area contributed by atoms with Gasteiger partial charge >= 0.3 is 0 Å². The molecule has 2 heterocycles. The summed E-state index contributed by atoms with van der Waals surface area (Å²) in [4.78, 5) is 13.9. The second kappa shape index (κ2) is 12.5. The smallest absolute Gasteiger partial charge is 0.194 e. The molecule has 0 bridgehead atoms. The zero-order chi connectivity index (χ0) is 19.8. The van der Waals surface area contributed by atoms with Crippen molar-refractivity contribution in [3.63, 3.8) is 0 Å². The lowest BCUT2D eigenvalue weighted by Crippen LogP contribution is -2.38. The van der Waals surface area contributed by atoms with Gasteiger partial charge in [-0.2, -0.15) is 0 Å². The summed E-state index contributed by atoms with van der Waals surface area (Å²) in [5, 5.41) is 6.59. The van der Waals surface area contributed by atoms with Crippen molar-refractivity contribution in [2.24, 2.45) is 4.99 Å². The Bertz CT molecular complexity index is 759. The van der Waals surface area contributed by atoms with E-state index in [4.69, 9.17) is 9.73 Å². The van der Waals surface area contributed by atoms with Gasteiger partial charge in [0.15, 0.2) is 5.96 Å². The zero-order valence-electron chi connectivity index (χ0n) is 17.6. The van der Waals surface area contributed by atoms with Crippen LogP contribution in [0.25, 0.3) is 0 Å². The van der Waals surface area contributed by atoms with Gasteiger partial charge in [0, 0.05) is 38.6 Å². The molecule has 2 aromatic rings. The van der Waals surface area contributed by atoms with Gasteiger partial charge in [0.05, 0.1) is 37.0 Å². The van der Waals surface area contributed by atoms with Crippen molar-refractivity contribution >= 4 is 41.3 Å². The summed E-state index contributed by atoms with van der Waals surface area (Å²) < 4.78 is 5.42. The van der Waals surface area contributed by atoms with E-state index in [1.54, 1.807) is 11.3 Å². The summed E-state index contributed by atoms with van der Waals surface area (Å²) in [6.45, 7) is 11.1. The van der Waals surface area contributed by atoms with Crippen LogP contribution in [0.3, 0.4) is 0 Å². The Hall–Kier alpha value is -1.23. The van der Waals surface area contributed by atoms with E-state index in [0.717, 1.165) is 62.6 Å². The Morgan fingerprint density at radius 2 is 1.93 bits per heavy atom. The van der Waals surface area contributed by atoms with Crippen LogP contribution in [0.15, 0.2) is 34.6 Å². The van der Waals surface area contributed by atoms with Crippen LogP contribution in [-0.2, 0) is 24.4 Å². The van der Waals surface area contributed by atoms with E-state index in [-0.39, 0.29) is 24.0 Å². The molecule has 1 aliphatic heterocycles. The van der Waals surface area contributed by atoms with Gasteiger partial charge in [0.25, 0.3) is 0 Å². The van der Waals surface area contributed by atoms with Crippen molar-refractivity contribution in [1.82, 2.24) is 20.1 Å². The number of nitrogens with zero attached hydrogens (tertiary/aromatic N) is 4. The largest absolute Gasteiger partial charge is 0.379 e. The van der Waals surface area contributed by atoms with Crippen LogP contribution >= 0.6 is 35.3 Å². The molecule has 6 nitrogen and oxygen atoms in total. The van der Waals surface area contributed by atoms with Crippen molar-refractivity contribution in [3.8, 4) is 0 Å². The third-order valence-electron chi connectivity index (χ3n) is 4.71. The Labute approximate surface area is 195 Å². The normalized spacial score (nSPS) is 15.1. The Morgan fingerprint density at radius 1 is 1.24 bits per heavy atom. The van der Waals surface area contributed by atoms with Crippen LogP contribution in [0.5, 0.6) is 0 Å². The molecule has 0 spiro atoms. The standard InChI is InChI=1S/C21H31N5OS.HI/c1-4-22-21(25(3)15-20-16-28-17(2)24-20)23-13-18-5-7-19(8-6-18)14-26-9-11-27-12-10-26;/h5-8,16H,4,9-15H2,1-3H3,(H,22,23);1H. The van der Waals surface area contributed by atoms with E-state index in [1.807, 2.05) is 6.92 Å². The third kappa shape index (κ3) is 7.84. The minimum atomic E-state index is 0. The SMILES string of the molecule is CCNC(=NCc1ccc(CN2CCOCC2)cc1)N(C)Cc1csc(C)n1.I. The number of morpholine rings is 1. The molecule has 1 aromatic heterocycles. The second-order valence-corrected chi connectivity index (χ2v) is 8.15. The van der Waals surface area contributed by atoms with Gasteiger partial charge in [-0.1, -0.05) is 24.3 Å². The highest BCUT2D eigenvalue weighted by Crippen LogP contribution is 2.12. The first-order chi connectivity index (χ1) is 13.6. The molecule has 1 fully saturated rings. The van der Waals surface area contributed by atoms with Gasteiger partial charge in [-0.15, -0.1) is 35.3 Å². The van der Waals surface area contributed by atoms with Crippen molar-refractivity contribution in [2.45, 2.75) is 33.5 Å². The molecule has 1 aliphatic rings. The van der Waals surface area contributed by atoms with Crippen molar-refractivity contribution < 1.29 is 4.74 Å². The summed E-state index contributed by atoms with van der Waals surface area (Å²) in [5.74, 6) is 0.908. The molecule has 1 aromatic carbocycles. The number of aromatic nitrogens is 1. The molecule has 0 radical (unpaired) electrons. The molecule has 8 heteroatoms. The number of hydrogen-bond donors (Lipinski definition) is 1. The van der Waals surface area contributed by atoms with Crippen molar-refractivity contribution in [3.05, 3.63) is 51.5 Å². The van der Waals surface area contributed by atoms with Crippen molar-refractivity contribution in [2.75, 3.05) is 39.9 Å². The zero-order valence-corrected chi connectivity index (χ0v) is 20.7. The average molecular weight is 529 g/mol. The fourth-order valence-electron chi connectivity index (χ4n) is 3.20. The van der Waals surface area contributed by atoms with Crippen LogP contribution in [0.2, 0.25) is 0 Å². The first-order valence-corrected chi connectivity index (χ1v) is 10.8. The van der Waals surface area contributed by atoms with E-state index < -0.39 is 0 Å². The lowest BCUT2D eigenvalue weighted by atomic mass is 10.1. The van der Waals surface area contributed by atoms with E-state index in [1.165, 1.54) is 11.1 Å². The summed E-state index contributed by atoms with van der Waals surface area (Å²) in [5.41, 5.74) is 3.65. The number of aryl methyl sites for hydroxylation is 1. The molecule has 160 valence electrons. The Balaban J connectivity index is 0.00000300. The number of halogens is 1. The first kappa shape index (κ1) is 24.0. The molecular formula is C21H32IN5OS. The van der Waals surface area contributed by atoms with E-state index in [9.17, 15) is 0 Å². The van der Waals surface area contributed by atoms with Gasteiger partial charge in [-0.3, -0.25) is 4.90 Å². The number of benzene rings is 1. The van der Waals surface area contributed by atoms with Crippen LogP contribution in [0.1, 0.15) is 28.8 Å². The summed E-state index contributed by atoms with van der Waals surface area (Å²) in [6.07, 6.45) is 0. The molecule has 0 aliphatic carbocycles. The molecule has 3 rings (SSSR count). The summed E-state index contributed by atoms with van der Waals surface area (Å²) in [7, 11) is 2.06. The van der Waals surface area contributed by atoms with E-state index >= 15 is 0 Å². The molecule has 1 N–H and O–H groups in total. The van der Waals surface area contributed by atoms with Crippen LogP contribution in [0.4, 0.5) is 0 Å². The van der Waals surface area contributed by atoms with Crippen LogP contribution in [-0.4, -0.2) is 60.6 Å². The maximum Gasteiger partial charge on any atom is 0.194 e.